The van der Waals surface area contributed by atoms with Gasteiger partial charge in [-0.3, -0.25) is 0 Å². The monoisotopic (exact) mass is 281 g/mol. The summed E-state index contributed by atoms with van der Waals surface area (Å²) in [6, 6.07) is 1.74. The summed E-state index contributed by atoms with van der Waals surface area (Å²) in [5.74, 6) is 1.00. The zero-order valence-electron chi connectivity index (χ0n) is 12.2. The first-order chi connectivity index (χ1) is 9.70. The second kappa shape index (κ2) is 7.45. The molecule has 0 spiro atoms. The van der Waals surface area contributed by atoms with Crippen LogP contribution in [0.25, 0.3) is 0 Å². The van der Waals surface area contributed by atoms with Gasteiger partial charge in [-0.25, -0.2) is 4.79 Å². The van der Waals surface area contributed by atoms with E-state index in [0.29, 0.717) is 24.0 Å². The molecule has 1 aliphatic rings. The molecule has 5 heteroatoms. The summed E-state index contributed by atoms with van der Waals surface area (Å²) in [6.45, 7) is 4.17. The van der Waals surface area contributed by atoms with Crippen molar-refractivity contribution < 1.29 is 18.7 Å². The van der Waals surface area contributed by atoms with Crippen LogP contribution in [0.15, 0.2) is 10.5 Å². The molecule has 1 atom stereocenters. The Morgan fingerprint density at radius 2 is 2.35 bits per heavy atom. The minimum absolute atomic E-state index is 0.354. The van der Waals surface area contributed by atoms with E-state index in [9.17, 15) is 4.79 Å². The number of rotatable bonds is 6. The lowest BCUT2D eigenvalue weighted by Crippen LogP contribution is -2.25. The van der Waals surface area contributed by atoms with Gasteiger partial charge in [0.1, 0.15) is 17.1 Å². The number of esters is 1. The quantitative estimate of drug-likeness (QED) is 0.641. The Labute approximate surface area is 119 Å². The van der Waals surface area contributed by atoms with Crippen LogP contribution in [0.3, 0.4) is 0 Å². The number of furan rings is 1. The maximum absolute atomic E-state index is 11.5. The van der Waals surface area contributed by atoms with Gasteiger partial charge in [0, 0.05) is 6.61 Å². The lowest BCUT2D eigenvalue weighted by Gasteiger charge is -2.22. The molecule has 0 radical (unpaired) electrons. The predicted molar refractivity (Wildman–Crippen MR) is 74.7 cm³/mol. The number of hydrogen-bond acceptors (Lipinski definition) is 5. The fourth-order valence-corrected chi connectivity index (χ4v) is 2.45. The van der Waals surface area contributed by atoms with Gasteiger partial charge in [-0.15, -0.1) is 0 Å². The molecule has 20 heavy (non-hydrogen) atoms. The van der Waals surface area contributed by atoms with Crippen LogP contribution in [-0.2, 0) is 16.0 Å². The molecule has 5 nitrogen and oxygen atoms in total. The molecule has 0 aromatic carbocycles. The Morgan fingerprint density at radius 1 is 1.50 bits per heavy atom. The number of nitrogens with one attached hydrogen (secondary N) is 1. The van der Waals surface area contributed by atoms with Crippen LogP contribution >= 0.6 is 0 Å². The van der Waals surface area contributed by atoms with Crippen molar-refractivity contribution in [3.05, 3.63) is 23.2 Å². The predicted octanol–water partition coefficient (Wildman–Crippen LogP) is 2.42. The molecule has 1 aliphatic heterocycles. The summed E-state index contributed by atoms with van der Waals surface area (Å²) in [6.07, 6.45) is 5.02. The summed E-state index contributed by atoms with van der Waals surface area (Å²) in [4.78, 5) is 11.5. The van der Waals surface area contributed by atoms with Gasteiger partial charge in [0.2, 0.25) is 0 Å². The van der Waals surface area contributed by atoms with Gasteiger partial charge in [0.25, 0.3) is 0 Å². The first kappa shape index (κ1) is 15.1. The van der Waals surface area contributed by atoms with E-state index in [4.69, 9.17) is 13.9 Å². The summed E-state index contributed by atoms with van der Waals surface area (Å²) < 4.78 is 15.9. The molecule has 1 saturated heterocycles. The second-order valence-corrected chi connectivity index (χ2v) is 5.13. The summed E-state index contributed by atoms with van der Waals surface area (Å²) in [5.41, 5.74) is 0.500. The van der Waals surface area contributed by atoms with Crippen LogP contribution in [0, 0.1) is 6.92 Å². The van der Waals surface area contributed by atoms with E-state index in [0.717, 1.165) is 31.8 Å². The van der Waals surface area contributed by atoms with Crippen molar-refractivity contribution in [2.24, 2.45) is 0 Å². The van der Waals surface area contributed by atoms with E-state index < -0.39 is 0 Å². The Kier molecular flexibility index (Phi) is 5.61. The van der Waals surface area contributed by atoms with Crippen LogP contribution in [0.2, 0.25) is 0 Å². The van der Waals surface area contributed by atoms with Crippen LogP contribution < -0.4 is 5.32 Å². The van der Waals surface area contributed by atoms with Crippen molar-refractivity contribution in [3.63, 3.8) is 0 Å². The highest BCUT2D eigenvalue weighted by molar-refractivity contribution is 5.90. The molecular weight excluding hydrogens is 258 g/mol. The van der Waals surface area contributed by atoms with Gasteiger partial charge in [-0.1, -0.05) is 0 Å². The van der Waals surface area contributed by atoms with E-state index in [1.807, 2.05) is 0 Å². The molecule has 2 rings (SSSR count). The molecule has 0 bridgehead atoms. The lowest BCUT2D eigenvalue weighted by molar-refractivity contribution is 0.0115. The Morgan fingerprint density at radius 3 is 3.05 bits per heavy atom. The lowest BCUT2D eigenvalue weighted by atomic mass is 10.1. The summed E-state index contributed by atoms with van der Waals surface area (Å²) >= 11 is 0. The Balaban J connectivity index is 1.72. The molecule has 1 fully saturated rings. The van der Waals surface area contributed by atoms with Gasteiger partial charge in [0.05, 0.1) is 19.8 Å². The SMILES string of the molecule is COC(=O)c1cc(CNCCC2CCCCO2)oc1C. The molecule has 1 aromatic rings. The largest absolute Gasteiger partial charge is 0.465 e. The summed E-state index contributed by atoms with van der Waals surface area (Å²) in [7, 11) is 1.37. The zero-order chi connectivity index (χ0) is 14.4. The fourth-order valence-electron chi connectivity index (χ4n) is 2.45. The van der Waals surface area contributed by atoms with Crippen LogP contribution in [0.1, 0.15) is 47.6 Å². The number of aryl methyl sites for hydroxylation is 1. The fraction of sp³-hybridized carbons (Fsp3) is 0.667. The maximum atomic E-state index is 11.5. The number of carbonyl (C=O) groups is 1. The molecular formula is C15H23NO4. The molecule has 1 N–H and O–H groups in total. The van der Waals surface area contributed by atoms with Crippen molar-refractivity contribution in [1.82, 2.24) is 5.32 Å². The molecule has 1 aromatic heterocycles. The third-order valence-corrected chi connectivity index (χ3v) is 3.59. The first-order valence-corrected chi connectivity index (χ1v) is 7.20. The normalized spacial score (nSPS) is 19.0. The number of ether oxygens (including phenoxy) is 2. The molecule has 1 unspecified atom stereocenters. The Bertz CT molecular complexity index is 435. The van der Waals surface area contributed by atoms with Gasteiger partial charge in [-0.05, 0) is 45.2 Å². The van der Waals surface area contributed by atoms with Gasteiger partial charge < -0.3 is 19.2 Å². The molecule has 112 valence electrons. The van der Waals surface area contributed by atoms with Gasteiger partial charge >= 0.3 is 5.97 Å². The highest BCUT2D eigenvalue weighted by Crippen LogP contribution is 2.16. The number of hydrogen-bond donors (Lipinski definition) is 1. The van der Waals surface area contributed by atoms with E-state index in [-0.39, 0.29) is 5.97 Å². The Hall–Kier alpha value is -1.33. The third kappa shape index (κ3) is 4.08. The van der Waals surface area contributed by atoms with Crippen molar-refractivity contribution in [1.29, 1.82) is 0 Å². The minimum atomic E-state index is -0.354. The molecule has 0 aliphatic carbocycles. The van der Waals surface area contributed by atoms with Crippen LogP contribution in [0.5, 0.6) is 0 Å². The average molecular weight is 281 g/mol. The van der Waals surface area contributed by atoms with E-state index in [1.165, 1.54) is 20.0 Å². The van der Waals surface area contributed by atoms with Gasteiger partial charge in [-0.2, -0.15) is 0 Å². The first-order valence-electron chi connectivity index (χ1n) is 7.20. The zero-order valence-corrected chi connectivity index (χ0v) is 12.2. The van der Waals surface area contributed by atoms with Crippen molar-refractivity contribution in [2.75, 3.05) is 20.3 Å². The van der Waals surface area contributed by atoms with Crippen molar-refractivity contribution >= 4 is 5.97 Å². The maximum Gasteiger partial charge on any atom is 0.341 e. The number of carbonyl (C=O) groups excluding carboxylic acids is 1. The van der Waals surface area contributed by atoms with Crippen molar-refractivity contribution in [2.45, 2.75) is 45.3 Å². The standard InChI is InChI=1S/C15H23NO4/c1-11-14(15(17)18-2)9-13(20-11)10-16-7-6-12-5-3-4-8-19-12/h9,12,16H,3-8,10H2,1-2H3. The van der Waals surface area contributed by atoms with E-state index in [2.05, 4.69) is 5.32 Å². The summed E-state index contributed by atoms with van der Waals surface area (Å²) in [5, 5.41) is 3.32. The van der Waals surface area contributed by atoms with E-state index >= 15 is 0 Å². The molecule has 0 amide bonds. The topological polar surface area (TPSA) is 60.7 Å². The third-order valence-electron chi connectivity index (χ3n) is 3.59. The molecule has 2 heterocycles. The average Bonchev–Trinajstić information content (AvgIpc) is 2.85. The van der Waals surface area contributed by atoms with Gasteiger partial charge in [0.15, 0.2) is 0 Å². The number of methoxy groups -OCH3 is 1. The van der Waals surface area contributed by atoms with Crippen LogP contribution in [0.4, 0.5) is 0 Å². The smallest absolute Gasteiger partial charge is 0.341 e. The highest BCUT2D eigenvalue weighted by atomic mass is 16.5. The van der Waals surface area contributed by atoms with Crippen molar-refractivity contribution in [3.8, 4) is 0 Å². The van der Waals surface area contributed by atoms with E-state index in [1.54, 1.807) is 13.0 Å². The minimum Gasteiger partial charge on any atom is -0.465 e. The molecule has 0 saturated carbocycles. The highest BCUT2D eigenvalue weighted by Gasteiger charge is 2.16. The van der Waals surface area contributed by atoms with Crippen LogP contribution in [-0.4, -0.2) is 32.3 Å². The second-order valence-electron chi connectivity index (χ2n) is 5.13.